The number of aryl methyl sites for hydroxylation is 2. The molecule has 0 aliphatic carbocycles. The smallest absolute Gasteiger partial charge is 0.248 e. The number of hydrogen-bond donors (Lipinski definition) is 0. The molecule has 0 spiro atoms. The van der Waals surface area contributed by atoms with Crippen LogP contribution in [0.3, 0.4) is 0 Å². The molecule has 1 fully saturated rings. The van der Waals surface area contributed by atoms with Crippen LogP contribution in [-0.4, -0.2) is 54.9 Å². The van der Waals surface area contributed by atoms with Gasteiger partial charge in [0.05, 0.1) is 6.42 Å². The van der Waals surface area contributed by atoms with Crippen LogP contribution in [0.25, 0.3) is 10.8 Å². The van der Waals surface area contributed by atoms with Crippen LogP contribution in [0.4, 0.5) is 0 Å². The molecule has 1 saturated heterocycles. The second-order valence-electron chi connectivity index (χ2n) is 7.25. The Morgan fingerprint density at radius 2 is 1.72 bits per heavy atom. The third kappa shape index (κ3) is 3.65. The zero-order valence-electron chi connectivity index (χ0n) is 16.5. The summed E-state index contributed by atoms with van der Waals surface area (Å²) in [5, 5.41) is 5.92. The molecule has 0 atom stereocenters. The molecular weight excluding hydrogens is 390 g/mol. The molecule has 0 radical (unpaired) electrons. The fraction of sp³-hybridized carbons (Fsp3) is 0.333. The van der Waals surface area contributed by atoms with Crippen LogP contribution in [0.15, 0.2) is 51.9 Å². The molecule has 4 rings (SSSR count). The number of nitrogens with zero attached hydrogens (tertiary/aromatic N) is 3. The summed E-state index contributed by atoms with van der Waals surface area (Å²) in [5.74, 6) is 0.299. The van der Waals surface area contributed by atoms with E-state index in [4.69, 9.17) is 4.52 Å². The maximum atomic E-state index is 12.9. The van der Waals surface area contributed by atoms with Crippen molar-refractivity contribution in [3.8, 4) is 0 Å². The van der Waals surface area contributed by atoms with E-state index in [1.807, 2.05) is 42.5 Å². The van der Waals surface area contributed by atoms with Gasteiger partial charge in [-0.05, 0) is 30.2 Å². The average molecular weight is 413 g/mol. The number of benzene rings is 2. The van der Waals surface area contributed by atoms with Crippen molar-refractivity contribution < 1.29 is 17.7 Å². The first kappa shape index (κ1) is 19.6. The maximum absolute atomic E-state index is 12.9. The van der Waals surface area contributed by atoms with E-state index in [0.717, 1.165) is 16.3 Å². The number of rotatable bonds is 4. The fourth-order valence-electron chi connectivity index (χ4n) is 3.87. The van der Waals surface area contributed by atoms with E-state index in [9.17, 15) is 13.2 Å². The number of piperazine rings is 1. The highest BCUT2D eigenvalue weighted by atomic mass is 32.2. The van der Waals surface area contributed by atoms with Crippen molar-refractivity contribution in [2.45, 2.75) is 25.2 Å². The Morgan fingerprint density at radius 1 is 1.03 bits per heavy atom. The first-order chi connectivity index (χ1) is 13.9. The lowest BCUT2D eigenvalue weighted by Crippen LogP contribution is -2.51. The van der Waals surface area contributed by atoms with Gasteiger partial charge >= 0.3 is 0 Å². The van der Waals surface area contributed by atoms with Gasteiger partial charge in [0, 0.05) is 26.2 Å². The van der Waals surface area contributed by atoms with Crippen molar-refractivity contribution >= 4 is 26.7 Å². The van der Waals surface area contributed by atoms with Gasteiger partial charge in [0.15, 0.2) is 5.76 Å². The van der Waals surface area contributed by atoms with Crippen molar-refractivity contribution in [3.05, 3.63) is 59.5 Å². The lowest BCUT2D eigenvalue weighted by atomic mass is 10.0. The molecule has 7 nitrogen and oxygen atoms in total. The van der Waals surface area contributed by atoms with Gasteiger partial charge in [0.2, 0.25) is 15.9 Å². The number of aromatic nitrogens is 1. The minimum atomic E-state index is -3.68. The van der Waals surface area contributed by atoms with Gasteiger partial charge in [-0.15, -0.1) is 0 Å². The van der Waals surface area contributed by atoms with Gasteiger partial charge in [-0.25, -0.2) is 8.42 Å². The SMILES string of the molecule is Cc1noc(C)c1S(=O)(=O)N1CCN(C(=O)Cc2cccc3ccccc23)CC1. The number of fused-ring (bicyclic) bond motifs is 1. The number of carbonyl (C=O) groups excluding carboxylic acids is 1. The highest BCUT2D eigenvalue weighted by Crippen LogP contribution is 2.25. The summed E-state index contributed by atoms with van der Waals surface area (Å²) in [4.78, 5) is 14.7. The summed E-state index contributed by atoms with van der Waals surface area (Å²) in [6.07, 6.45) is 0.304. The van der Waals surface area contributed by atoms with Crippen LogP contribution in [0, 0.1) is 13.8 Å². The van der Waals surface area contributed by atoms with E-state index in [1.54, 1.807) is 18.7 Å². The largest absolute Gasteiger partial charge is 0.360 e. The van der Waals surface area contributed by atoms with E-state index in [2.05, 4.69) is 5.16 Å². The van der Waals surface area contributed by atoms with Gasteiger partial charge in [0.1, 0.15) is 10.6 Å². The normalized spacial score (nSPS) is 15.7. The summed E-state index contributed by atoms with van der Waals surface area (Å²) < 4.78 is 32.3. The van der Waals surface area contributed by atoms with Crippen molar-refractivity contribution in [2.75, 3.05) is 26.2 Å². The van der Waals surface area contributed by atoms with E-state index in [1.165, 1.54) is 4.31 Å². The van der Waals surface area contributed by atoms with Crippen LogP contribution in [0.1, 0.15) is 17.0 Å². The molecule has 152 valence electrons. The van der Waals surface area contributed by atoms with Gasteiger partial charge < -0.3 is 9.42 Å². The molecule has 0 unspecified atom stereocenters. The lowest BCUT2D eigenvalue weighted by molar-refractivity contribution is -0.131. The molecule has 1 aliphatic rings. The third-order valence-electron chi connectivity index (χ3n) is 5.38. The van der Waals surface area contributed by atoms with E-state index >= 15 is 0 Å². The molecule has 2 heterocycles. The van der Waals surface area contributed by atoms with Crippen molar-refractivity contribution in [3.63, 3.8) is 0 Å². The molecule has 8 heteroatoms. The standard InChI is InChI=1S/C21H23N3O4S/c1-15-21(16(2)28-22-15)29(26,27)24-12-10-23(11-13-24)20(25)14-18-8-5-7-17-6-3-4-9-19(17)18/h3-9H,10-14H2,1-2H3. The minimum absolute atomic E-state index is 0.00994. The molecule has 2 aromatic carbocycles. The molecule has 0 saturated carbocycles. The van der Waals surface area contributed by atoms with Crippen LogP contribution < -0.4 is 0 Å². The summed E-state index contributed by atoms with van der Waals surface area (Å²) in [6.45, 7) is 4.46. The highest BCUT2D eigenvalue weighted by Gasteiger charge is 2.34. The van der Waals surface area contributed by atoms with E-state index in [-0.39, 0.29) is 29.7 Å². The third-order valence-corrected chi connectivity index (χ3v) is 7.52. The van der Waals surface area contributed by atoms with Gasteiger partial charge in [0.25, 0.3) is 0 Å². The summed E-state index contributed by atoms with van der Waals surface area (Å²) >= 11 is 0. The Hall–Kier alpha value is -2.71. The van der Waals surface area contributed by atoms with E-state index in [0.29, 0.717) is 25.2 Å². The topological polar surface area (TPSA) is 83.7 Å². The van der Waals surface area contributed by atoms with Crippen LogP contribution in [-0.2, 0) is 21.2 Å². The van der Waals surface area contributed by atoms with Crippen LogP contribution in [0.2, 0.25) is 0 Å². The van der Waals surface area contributed by atoms with Crippen LogP contribution >= 0.6 is 0 Å². The summed E-state index contributed by atoms with van der Waals surface area (Å²) in [7, 11) is -3.68. The Bertz CT molecular complexity index is 1140. The number of carbonyl (C=O) groups is 1. The van der Waals surface area contributed by atoms with Gasteiger partial charge in [-0.3, -0.25) is 4.79 Å². The molecule has 3 aromatic rings. The number of amides is 1. The Labute approximate surface area is 169 Å². The second kappa shape index (κ2) is 7.61. The van der Waals surface area contributed by atoms with Gasteiger partial charge in [-0.1, -0.05) is 47.6 Å². The lowest BCUT2D eigenvalue weighted by Gasteiger charge is -2.34. The predicted molar refractivity (Wildman–Crippen MR) is 109 cm³/mol. The molecule has 0 bridgehead atoms. The molecule has 1 aliphatic heterocycles. The van der Waals surface area contributed by atoms with Crippen molar-refractivity contribution in [2.24, 2.45) is 0 Å². The second-order valence-corrected chi connectivity index (χ2v) is 9.13. The zero-order chi connectivity index (χ0) is 20.6. The molecule has 1 amide bonds. The van der Waals surface area contributed by atoms with E-state index < -0.39 is 10.0 Å². The maximum Gasteiger partial charge on any atom is 0.248 e. The Morgan fingerprint density at radius 3 is 2.41 bits per heavy atom. The van der Waals surface area contributed by atoms with Crippen LogP contribution in [0.5, 0.6) is 0 Å². The first-order valence-electron chi connectivity index (χ1n) is 9.55. The Kier molecular flexibility index (Phi) is 5.14. The summed E-state index contributed by atoms with van der Waals surface area (Å²) in [6, 6.07) is 14.0. The molecule has 1 aromatic heterocycles. The molecule has 0 N–H and O–H groups in total. The molecular formula is C21H23N3O4S. The minimum Gasteiger partial charge on any atom is -0.360 e. The number of hydrogen-bond acceptors (Lipinski definition) is 5. The quantitative estimate of drug-likeness (QED) is 0.656. The highest BCUT2D eigenvalue weighted by molar-refractivity contribution is 7.89. The van der Waals surface area contributed by atoms with Gasteiger partial charge in [-0.2, -0.15) is 4.31 Å². The van der Waals surface area contributed by atoms with Crippen molar-refractivity contribution in [1.82, 2.24) is 14.4 Å². The first-order valence-corrected chi connectivity index (χ1v) is 11.0. The molecule has 29 heavy (non-hydrogen) atoms. The predicted octanol–water partition coefficient (Wildman–Crippen LogP) is 2.52. The average Bonchev–Trinajstić information content (AvgIpc) is 3.07. The van der Waals surface area contributed by atoms with Crippen molar-refractivity contribution in [1.29, 1.82) is 0 Å². The zero-order valence-corrected chi connectivity index (χ0v) is 17.3. The number of sulfonamides is 1. The monoisotopic (exact) mass is 413 g/mol. The summed E-state index contributed by atoms with van der Waals surface area (Å²) in [5.41, 5.74) is 1.34. The fourth-order valence-corrected chi connectivity index (χ4v) is 5.58. The Balaban J connectivity index is 1.45.